The van der Waals surface area contributed by atoms with Crippen molar-refractivity contribution < 1.29 is 4.79 Å². The molecule has 1 aromatic carbocycles. The van der Waals surface area contributed by atoms with Crippen molar-refractivity contribution in [2.45, 2.75) is 45.4 Å². The first-order valence-electron chi connectivity index (χ1n) is 8.50. The van der Waals surface area contributed by atoms with Gasteiger partial charge in [-0.1, -0.05) is 32.9 Å². The molecule has 2 heterocycles. The number of nitrogens with one attached hydrogen (secondary N) is 1. The van der Waals surface area contributed by atoms with Crippen LogP contribution in [0.2, 0.25) is 0 Å². The Morgan fingerprint density at radius 2 is 1.70 bits per heavy atom. The number of halogens is 1. The van der Waals surface area contributed by atoms with Crippen molar-refractivity contribution in [1.29, 1.82) is 0 Å². The molecule has 1 amide bonds. The van der Waals surface area contributed by atoms with E-state index in [0.29, 0.717) is 5.41 Å². The van der Waals surface area contributed by atoms with Crippen LogP contribution in [0.4, 0.5) is 0 Å². The average molecular weight is 337 g/mol. The van der Waals surface area contributed by atoms with Crippen LogP contribution in [-0.4, -0.2) is 37.0 Å². The first-order valence-corrected chi connectivity index (χ1v) is 8.50. The lowest BCUT2D eigenvalue weighted by Crippen LogP contribution is -2.39. The lowest BCUT2D eigenvalue weighted by Gasteiger charge is -2.33. The maximum absolute atomic E-state index is 12.7. The number of benzene rings is 1. The van der Waals surface area contributed by atoms with E-state index < -0.39 is 0 Å². The smallest absolute Gasteiger partial charge is 0.253 e. The fourth-order valence-electron chi connectivity index (χ4n) is 3.77. The van der Waals surface area contributed by atoms with E-state index in [4.69, 9.17) is 0 Å². The van der Waals surface area contributed by atoms with Gasteiger partial charge in [-0.15, -0.1) is 12.4 Å². The van der Waals surface area contributed by atoms with Crippen LogP contribution in [0.1, 0.15) is 56.0 Å². The van der Waals surface area contributed by atoms with Gasteiger partial charge in [-0.3, -0.25) is 4.79 Å². The van der Waals surface area contributed by atoms with Crippen molar-refractivity contribution >= 4 is 18.3 Å². The molecule has 2 saturated heterocycles. The van der Waals surface area contributed by atoms with E-state index in [0.717, 1.165) is 31.7 Å². The number of hydrogen-bond donors (Lipinski definition) is 1. The number of rotatable bonds is 1. The molecular formula is C19H29ClN2O. The zero-order valence-corrected chi connectivity index (χ0v) is 15.3. The van der Waals surface area contributed by atoms with Crippen LogP contribution >= 0.6 is 12.4 Å². The molecule has 0 aliphatic carbocycles. The SMILES string of the molecule is CC(C)(C)c1ccc(C(=O)N2CCC3(CCNCC3)C2)cc1.Cl. The van der Waals surface area contributed by atoms with E-state index >= 15 is 0 Å². The summed E-state index contributed by atoms with van der Waals surface area (Å²) in [4.78, 5) is 14.8. The van der Waals surface area contributed by atoms with Gasteiger partial charge in [0.05, 0.1) is 0 Å². The molecule has 23 heavy (non-hydrogen) atoms. The summed E-state index contributed by atoms with van der Waals surface area (Å²) in [5, 5.41) is 3.43. The van der Waals surface area contributed by atoms with Crippen LogP contribution < -0.4 is 5.32 Å². The van der Waals surface area contributed by atoms with Crippen molar-refractivity contribution in [1.82, 2.24) is 10.2 Å². The van der Waals surface area contributed by atoms with Crippen molar-refractivity contribution in [3.05, 3.63) is 35.4 Å². The van der Waals surface area contributed by atoms with Crippen molar-refractivity contribution in [2.75, 3.05) is 26.2 Å². The first-order chi connectivity index (χ1) is 10.4. The largest absolute Gasteiger partial charge is 0.338 e. The number of amides is 1. The maximum Gasteiger partial charge on any atom is 0.253 e. The van der Waals surface area contributed by atoms with Gasteiger partial charge >= 0.3 is 0 Å². The molecule has 3 nitrogen and oxygen atoms in total. The molecule has 3 rings (SSSR count). The highest BCUT2D eigenvalue weighted by atomic mass is 35.5. The number of carbonyl (C=O) groups excluding carboxylic acids is 1. The van der Waals surface area contributed by atoms with E-state index in [1.165, 1.54) is 24.8 Å². The van der Waals surface area contributed by atoms with E-state index in [9.17, 15) is 4.79 Å². The monoisotopic (exact) mass is 336 g/mol. The van der Waals surface area contributed by atoms with Gasteiger partial charge in [0.1, 0.15) is 0 Å². The van der Waals surface area contributed by atoms with Gasteiger partial charge in [-0.05, 0) is 60.9 Å². The Morgan fingerprint density at radius 3 is 2.26 bits per heavy atom. The minimum absolute atomic E-state index is 0. The summed E-state index contributed by atoms with van der Waals surface area (Å²) in [6.07, 6.45) is 3.58. The fourth-order valence-corrected chi connectivity index (χ4v) is 3.77. The molecule has 2 aliphatic heterocycles. The Bertz CT molecular complexity index is 541. The van der Waals surface area contributed by atoms with Gasteiger partial charge < -0.3 is 10.2 Å². The molecule has 1 aromatic rings. The summed E-state index contributed by atoms with van der Waals surface area (Å²) >= 11 is 0. The Balaban J connectivity index is 0.00000192. The first kappa shape index (κ1) is 18.3. The van der Waals surface area contributed by atoms with Crippen LogP contribution in [0.5, 0.6) is 0 Å². The standard InChI is InChI=1S/C19H28N2O.ClH/c1-18(2,3)16-6-4-15(5-7-16)17(22)21-13-10-19(14-21)8-11-20-12-9-19;/h4-7,20H,8-14H2,1-3H3;1H. The Hall–Kier alpha value is -1.06. The molecule has 0 radical (unpaired) electrons. The highest BCUT2D eigenvalue weighted by Gasteiger charge is 2.40. The molecule has 2 fully saturated rings. The fraction of sp³-hybridized carbons (Fsp3) is 0.632. The van der Waals surface area contributed by atoms with Crippen LogP contribution in [0.25, 0.3) is 0 Å². The average Bonchev–Trinajstić information content (AvgIpc) is 2.90. The van der Waals surface area contributed by atoms with Crippen LogP contribution in [0.3, 0.4) is 0 Å². The van der Waals surface area contributed by atoms with Gasteiger partial charge in [-0.2, -0.15) is 0 Å². The summed E-state index contributed by atoms with van der Waals surface area (Å²) in [5.74, 6) is 0.205. The molecule has 2 aliphatic rings. The Kier molecular flexibility index (Phi) is 5.42. The summed E-state index contributed by atoms with van der Waals surface area (Å²) in [5.41, 5.74) is 2.62. The topological polar surface area (TPSA) is 32.3 Å². The number of likely N-dealkylation sites (tertiary alicyclic amines) is 1. The van der Waals surface area contributed by atoms with Gasteiger partial charge in [0.2, 0.25) is 0 Å². The lowest BCUT2D eigenvalue weighted by molar-refractivity contribution is 0.0762. The van der Waals surface area contributed by atoms with E-state index in [-0.39, 0.29) is 23.7 Å². The quantitative estimate of drug-likeness (QED) is 0.849. The van der Waals surface area contributed by atoms with Gasteiger partial charge in [0.15, 0.2) is 0 Å². The van der Waals surface area contributed by atoms with Crippen LogP contribution in [0.15, 0.2) is 24.3 Å². The predicted octanol–water partition coefficient (Wildman–Crippen LogP) is 3.62. The third-order valence-electron chi connectivity index (χ3n) is 5.39. The minimum Gasteiger partial charge on any atom is -0.338 e. The highest BCUT2D eigenvalue weighted by Crippen LogP contribution is 2.39. The summed E-state index contributed by atoms with van der Waals surface area (Å²) in [6, 6.07) is 8.19. The molecule has 0 saturated carbocycles. The van der Waals surface area contributed by atoms with E-state index in [2.05, 4.69) is 43.1 Å². The third-order valence-corrected chi connectivity index (χ3v) is 5.39. The van der Waals surface area contributed by atoms with Crippen molar-refractivity contribution in [2.24, 2.45) is 5.41 Å². The van der Waals surface area contributed by atoms with E-state index in [1.807, 2.05) is 12.1 Å². The lowest BCUT2D eigenvalue weighted by atomic mass is 9.78. The molecule has 1 spiro atoms. The second-order valence-electron chi connectivity index (χ2n) is 8.05. The Morgan fingerprint density at radius 1 is 1.09 bits per heavy atom. The highest BCUT2D eigenvalue weighted by molar-refractivity contribution is 5.94. The zero-order chi connectivity index (χ0) is 15.8. The van der Waals surface area contributed by atoms with Crippen molar-refractivity contribution in [3.8, 4) is 0 Å². The predicted molar refractivity (Wildman–Crippen MR) is 97.4 cm³/mol. The molecule has 0 aromatic heterocycles. The second kappa shape index (κ2) is 6.82. The minimum atomic E-state index is 0. The van der Waals surface area contributed by atoms with Crippen molar-refractivity contribution in [3.63, 3.8) is 0 Å². The Labute approximate surface area is 146 Å². The summed E-state index contributed by atoms with van der Waals surface area (Å²) in [6.45, 7) is 10.7. The molecular weight excluding hydrogens is 308 g/mol. The normalized spacial score (nSPS) is 20.4. The second-order valence-corrected chi connectivity index (χ2v) is 8.05. The number of nitrogens with zero attached hydrogens (tertiary/aromatic N) is 1. The molecule has 1 N–H and O–H groups in total. The van der Waals surface area contributed by atoms with Gasteiger partial charge in [0.25, 0.3) is 5.91 Å². The third kappa shape index (κ3) is 3.89. The maximum atomic E-state index is 12.7. The zero-order valence-electron chi connectivity index (χ0n) is 14.5. The number of hydrogen-bond acceptors (Lipinski definition) is 2. The molecule has 0 unspecified atom stereocenters. The van der Waals surface area contributed by atoms with Gasteiger partial charge in [0, 0.05) is 18.7 Å². The van der Waals surface area contributed by atoms with Crippen LogP contribution in [-0.2, 0) is 5.41 Å². The van der Waals surface area contributed by atoms with Gasteiger partial charge in [-0.25, -0.2) is 0 Å². The number of carbonyl (C=O) groups is 1. The number of piperidine rings is 1. The molecule has 0 bridgehead atoms. The molecule has 0 atom stereocenters. The van der Waals surface area contributed by atoms with E-state index in [1.54, 1.807) is 0 Å². The summed E-state index contributed by atoms with van der Waals surface area (Å²) in [7, 11) is 0. The van der Waals surface area contributed by atoms with Crippen LogP contribution in [0, 0.1) is 5.41 Å². The summed E-state index contributed by atoms with van der Waals surface area (Å²) < 4.78 is 0. The molecule has 128 valence electrons. The molecule has 4 heteroatoms.